The first-order chi connectivity index (χ1) is 20.9. The molecule has 3 unspecified atom stereocenters. The Morgan fingerprint density at radius 1 is 1.19 bits per heavy atom. The second kappa shape index (κ2) is 13.4. The molecular formula is C33H37ClFN5O3. The molecule has 0 amide bonds. The van der Waals surface area contributed by atoms with E-state index in [0.717, 1.165) is 53.4 Å². The summed E-state index contributed by atoms with van der Waals surface area (Å²) in [7, 11) is 0. The van der Waals surface area contributed by atoms with E-state index in [4.69, 9.17) is 16.3 Å². The third kappa shape index (κ3) is 7.18. The molecule has 3 aromatic rings. The van der Waals surface area contributed by atoms with Crippen molar-refractivity contribution in [3.8, 4) is 11.1 Å². The molecule has 1 aromatic carbocycles. The van der Waals surface area contributed by atoms with Crippen molar-refractivity contribution in [1.82, 2.24) is 19.4 Å². The lowest BCUT2D eigenvalue weighted by atomic mass is 10.0. The van der Waals surface area contributed by atoms with Gasteiger partial charge in [0.05, 0.1) is 29.3 Å². The van der Waals surface area contributed by atoms with Crippen molar-refractivity contribution in [3.05, 3.63) is 89.5 Å². The van der Waals surface area contributed by atoms with E-state index in [0.29, 0.717) is 49.1 Å². The van der Waals surface area contributed by atoms with Crippen LogP contribution in [0.1, 0.15) is 32.1 Å². The molecule has 6 rings (SSSR count). The number of likely N-dealkylation sites (tertiary alicyclic amines) is 1. The number of nitrogens with one attached hydrogen (secondary N) is 1. The molecule has 0 radical (unpaired) electrons. The number of fused-ring (bicyclic) bond motifs is 1. The van der Waals surface area contributed by atoms with Crippen molar-refractivity contribution in [2.75, 3.05) is 31.6 Å². The van der Waals surface area contributed by atoms with E-state index in [2.05, 4.69) is 26.3 Å². The molecule has 0 saturated carbocycles. The normalized spacial score (nSPS) is 21.7. The van der Waals surface area contributed by atoms with Gasteiger partial charge in [-0.05, 0) is 85.4 Å². The average Bonchev–Trinajstić information content (AvgIpc) is 3.66. The monoisotopic (exact) mass is 605 g/mol. The van der Waals surface area contributed by atoms with E-state index in [9.17, 15) is 14.6 Å². The molecule has 226 valence electrons. The Hall–Kier alpha value is -3.50. The standard InChI is InChI=1S/C33H37ClFN5O3/c34-30-15-26(7-9-32(30)43-20-22-3-1-4-25(35)13-22)38-33-29-14-23(6-8-31(29)36-21-37-33)24-10-12-39(16-24)17-28(42)18-40-11-2-5-27(40)19-41/h4,6-10,12-14,16,21,26-28,41-42H,1-3,5,11,15,17-20H2,(H,36,37,38). The summed E-state index contributed by atoms with van der Waals surface area (Å²) in [5, 5.41) is 25.3. The third-order valence-electron chi connectivity index (χ3n) is 8.32. The molecule has 0 bridgehead atoms. The third-order valence-corrected chi connectivity index (χ3v) is 8.66. The van der Waals surface area contributed by atoms with Crippen LogP contribution in [0, 0.1) is 0 Å². The van der Waals surface area contributed by atoms with E-state index in [-0.39, 0.29) is 24.5 Å². The molecule has 1 fully saturated rings. The number of nitrogens with zero attached hydrogens (tertiary/aromatic N) is 4. The molecule has 1 saturated heterocycles. The Bertz CT molecular complexity index is 1580. The van der Waals surface area contributed by atoms with Crippen LogP contribution in [-0.4, -0.2) is 74.1 Å². The zero-order chi connectivity index (χ0) is 29.8. The summed E-state index contributed by atoms with van der Waals surface area (Å²) in [5.41, 5.74) is 3.80. The molecular weight excluding hydrogens is 569 g/mol. The van der Waals surface area contributed by atoms with Crippen molar-refractivity contribution in [2.45, 2.75) is 56.8 Å². The molecule has 1 aliphatic heterocycles. The minimum Gasteiger partial charge on any atom is -0.488 e. The Morgan fingerprint density at radius 3 is 2.93 bits per heavy atom. The fourth-order valence-electron chi connectivity index (χ4n) is 6.05. The number of benzene rings is 1. The molecule has 3 heterocycles. The summed E-state index contributed by atoms with van der Waals surface area (Å²) in [6.45, 7) is 2.41. The first-order valence-corrected chi connectivity index (χ1v) is 15.3. The summed E-state index contributed by atoms with van der Waals surface area (Å²) >= 11 is 6.61. The predicted molar refractivity (Wildman–Crippen MR) is 167 cm³/mol. The lowest BCUT2D eigenvalue weighted by molar-refractivity contribution is 0.0751. The Balaban J connectivity index is 1.10. The molecule has 43 heavy (non-hydrogen) atoms. The topological polar surface area (TPSA) is 95.7 Å². The van der Waals surface area contributed by atoms with Gasteiger partial charge in [-0.15, -0.1) is 0 Å². The zero-order valence-electron chi connectivity index (χ0n) is 24.0. The summed E-state index contributed by atoms with van der Waals surface area (Å²) in [5.74, 6) is 1.10. The van der Waals surface area contributed by atoms with E-state index < -0.39 is 6.10 Å². The highest BCUT2D eigenvalue weighted by molar-refractivity contribution is 6.30. The van der Waals surface area contributed by atoms with Gasteiger partial charge in [0.25, 0.3) is 0 Å². The molecule has 3 atom stereocenters. The fraction of sp³-hybridized carbons (Fsp3) is 0.394. The lowest BCUT2D eigenvalue weighted by Crippen LogP contribution is -2.39. The molecule has 3 aliphatic rings. The van der Waals surface area contributed by atoms with Crippen molar-refractivity contribution < 1.29 is 19.3 Å². The number of aliphatic hydroxyl groups is 2. The highest BCUT2D eigenvalue weighted by Crippen LogP contribution is 2.31. The zero-order valence-corrected chi connectivity index (χ0v) is 24.8. The van der Waals surface area contributed by atoms with Crippen LogP contribution in [0.15, 0.2) is 89.5 Å². The van der Waals surface area contributed by atoms with Crippen LogP contribution in [0.2, 0.25) is 0 Å². The summed E-state index contributed by atoms with van der Waals surface area (Å²) in [4.78, 5) is 11.2. The number of β-amino-alcohol motifs (C(OH)–C–C–N with tert-alkyl or cyclic N) is 1. The molecule has 0 spiro atoms. The second-order valence-electron chi connectivity index (χ2n) is 11.5. The number of hydrogen-bond acceptors (Lipinski definition) is 7. The summed E-state index contributed by atoms with van der Waals surface area (Å²) in [6.07, 6.45) is 16.1. The van der Waals surface area contributed by atoms with Gasteiger partial charge in [-0.1, -0.05) is 23.7 Å². The van der Waals surface area contributed by atoms with Gasteiger partial charge in [-0.25, -0.2) is 14.4 Å². The number of aromatic nitrogens is 3. The molecule has 2 aromatic heterocycles. The number of rotatable bonds is 11. The van der Waals surface area contributed by atoms with Crippen molar-refractivity contribution >= 4 is 28.3 Å². The van der Waals surface area contributed by atoms with Gasteiger partial charge in [-0.2, -0.15) is 0 Å². The summed E-state index contributed by atoms with van der Waals surface area (Å²) < 4.78 is 21.4. The van der Waals surface area contributed by atoms with Crippen LogP contribution < -0.4 is 5.32 Å². The number of allylic oxidation sites excluding steroid dienone is 4. The number of anilines is 1. The van der Waals surface area contributed by atoms with Gasteiger partial charge >= 0.3 is 0 Å². The predicted octanol–water partition coefficient (Wildman–Crippen LogP) is 5.70. The SMILES string of the molecule is OCC1CCCN1CC(O)Cn1ccc(-c2ccc3ncnc(NC4C=CC(OCC5=CC(F)=CCC5)=C(Cl)C4)c3c2)c1. The molecule has 3 N–H and O–H groups in total. The summed E-state index contributed by atoms with van der Waals surface area (Å²) in [6, 6.07) is 8.21. The van der Waals surface area contributed by atoms with Crippen molar-refractivity contribution in [3.63, 3.8) is 0 Å². The Kier molecular flexibility index (Phi) is 9.23. The fourth-order valence-corrected chi connectivity index (χ4v) is 6.34. The minimum atomic E-state index is -0.520. The number of halogens is 2. The van der Waals surface area contributed by atoms with Crippen LogP contribution >= 0.6 is 11.6 Å². The second-order valence-corrected chi connectivity index (χ2v) is 11.9. The quantitative estimate of drug-likeness (QED) is 0.258. The first kappa shape index (κ1) is 29.6. The van der Waals surface area contributed by atoms with E-state index in [1.54, 1.807) is 12.4 Å². The maximum absolute atomic E-state index is 13.5. The van der Waals surface area contributed by atoms with Gasteiger partial charge in [0.2, 0.25) is 0 Å². The highest BCUT2D eigenvalue weighted by atomic mass is 35.5. The van der Waals surface area contributed by atoms with Gasteiger partial charge in [0.15, 0.2) is 0 Å². The molecule has 10 heteroatoms. The number of aliphatic hydroxyl groups excluding tert-OH is 2. The average molecular weight is 606 g/mol. The Morgan fingerprint density at radius 2 is 2.09 bits per heavy atom. The largest absolute Gasteiger partial charge is 0.488 e. The van der Waals surface area contributed by atoms with Gasteiger partial charge in [0, 0.05) is 43.3 Å². The minimum absolute atomic E-state index is 0.0838. The maximum Gasteiger partial charge on any atom is 0.137 e. The van der Waals surface area contributed by atoms with E-state index in [1.165, 1.54) is 6.08 Å². The van der Waals surface area contributed by atoms with Gasteiger partial charge in [-0.3, -0.25) is 4.90 Å². The number of ether oxygens (including phenoxy) is 1. The van der Waals surface area contributed by atoms with Crippen LogP contribution in [0.25, 0.3) is 22.0 Å². The van der Waals surface area contributed by atoms with Crippen LogP contribution in [0.5, 0.6) is 0 Å². The smallest absolute Gasteiger partial charge is 0.137 e. The first-order valence-electron chi connectivity index (χ1n) is 14.9. The van der Waals surface area contributed by atoms with Gasteiger partial charge < -0.3 is 24.8 Å². The Labute approximate surface area is 255 Å². The van der Waals surface area contributed by atoms with Crippen LogP contribution in [0.4, 0.5) is 10.2 Å². The number of hydrogen-bond donors (Lipinski definition) is 3. The van der Waals surface area contributed by atoms with Crippen LogP contribution in [0.3, 0.4) is 0 Å². The van der Waals surface area contributed by atoms with E-state index in [1.807, 2.05) is 47.3 Å². The van der Waals surface area contributed by atoms with Crippen molar-refractivity contribution in [1.29, 1.82) is 0 Å². The highest BCUT2D eigenvalue weighted by Gasteiger charge is 2.25. The maximum atomic E-state index is 13.5. The van der Waals surface area contributed by atoms with E-state index >= 15 is 0 Å². The molecule has 2 aliphatic carbocycles. The van der Waals surface area contributed by atoms with Gasteiger partial charge in [0.1, 0.15) is 30.3 Å². The van der Waals surface area contributed by atoms with Crippen molar-refractivity contribution in [2.24, 2.45) is 0 Å². The lowest BCUT2D eigenvalue weighted by Gasteiger charge is -2.25. The molecule has 8 nitrogen and oxygen atoms in total. The van der Waals surface area contributed by atoms with Crippen LogP contribution in [-0.2, 0) is 11.3 Å².